The van der Waals surface area contributed by atoms with Crippen molar-refractivity contribution in [2.45, 2.75) is 0 Å². The molecule has 0 saturated carbocycles. The number of rotatable bonds is 2. The topological polar surface area (TPSA) is 52.3 Å². The van der Waals surface area contributed by atoms with Crippen LogP contribution < -0.4 is 10.3 Å². The van der Waals surface area contributed by atoms with E-state index in [-0.39, 0.29) is 11.4 Å². The molecule has 100 valence electrons. The summed E-state index contributed by atoms with van der Waals surface area (Å²) < 4.78 is 10.8. The number of hydrogen-bond acceptors (Lipinski definition) is 4. The van der Waals surface area contributed by atoms with Gasteiger partial charge in [0.25, 0.3) is 5.56 Å². The number of halogens is 1. The van der Waals surface area contributed by atoms with Gasteiger partial charge in [0.15, 0.2) is 0 Å². The smallest absolute Gasteiger partial charge is 0.284 e. The van der Waals surface area contributed by atoms with Crippen LogP contribution in [-0.4, -0.2) is 12.1 Å². The SMILES string of the molecule is COc1ccc2c(=O)nc(-c3ccccc3Cl)oc2c1. The van der Waals surface area contributed by atoms with Gasteiger partial charge >= 0.3 is 0 Å². The van der Waals surface area contributed by atoms with E-state index in [0.717, 1.165) is 0 Å². The second-order valence-corrected chi connectivity index (χ2v) is 4.57. The standard InChI is InChI=1S/C15H10ClNO3/c1-19-9-6-7-11-13(8-9)20-15(17-14(11)18)10-4-2-3-5-12(10)16/h2-8H,1H3. The van der Waals surface area contributed by atoms with Crippen LogP contribution >= 0.6 is 11.6 Å². The number of aromatic nitrogens is 1. The van der Waals surface area contributed by atoms with Crippen molar-refractivity contribution < 1.29 is 9.15 Å². The maximum absolute atomic E-state index is 12.0. The summed E-state index contributed by atoms with van der Waals surface area (Å²) in [4.78, 5) is 16.0. The van der Waals surface area contributed by atoms with E-state index in [1.54, 1.807) is 49.6 Å². The Balaban J connectivity index is 2.28. The number of hydrogen-bond donors (Lipinski definition) is 0. The van der Waals surface area contributed by atoms with E-state index in [2.05, 4.69) is 4.98 Å². The molecule has 0 unspecified atom stereocenters. The van der Waals surface area contributed by atoms with Crippen molar-refractivity contribution in [3.05, 3.63) is 57.8 Å². The number of benzene rings is 2. The number of nitrogens with zero attached hydrogens (tertiary/aromatic N) is 1. The molecule has 20 heavy (non-hydrogen) atoms. The summed E-state index contributed by atoms with van der Waals surface area (Å²) in [5.74, 6) is 0.804. The Morgan fingerprint density at radius 1 is 1.20 bits per heavy atom. The molecule has 0 saturated heterocycles. The van der Waals surface area contributed by atoms with E-state index >= 15 is 0 Å². The molecule has 0 N–H and O–H groups in total. The van der Waals surface area contributed by atoms with Crippen LogP contribution in [-0.2, 0) is 0 Å². The minimum atomic E-state index is -0.358. The molecule has 5 heteroatoms. The number of fused-ring (bicyclic) bond motifs is 1. The third kappa shape index (κ3) is 2.14. The van der Waals surface area contributed by atoms with Crippen LogP contribution in [0.15, 0.2) is 51.7 Å². The fraction of sp³-hybridized carbons (Fsp3) is 0.0667. The third-order valence-electron chi connectivity index (χ3n) is 2.93. The molecule has 0 amide bonds. The molecule has 0 aliphatic carbocycles. The van der Waals surface area contributed by atoms with Gasteiger partial charge in [0.05, 0.1) is 23.1 Å². The van der Waals surface area contributed by atoms with Gasteiger partial charge in [-0.15, -0.1) is 0 Å². The summed E-state index contributed by atoms with van der Waals surface area (Å²) in [7, 11) is 1.55. The molecule has 0 bridgehead atoms. The Bertz CT molecular complexity index is 842. The Labute approximate surface area is 119 Å². The molecule has 0 spiro atoms. The molecule has 4 nitrogen and oxygen atoms in total. The molecular formula is C15H10ClNO3. The zero-order chi connectivity index (χ0) is 14.1. The van der Waals surface area contributed by atoms with Crippen LogP contribution in [0.1, 0.15) is 0 Å². The lowest BCUT2D eigenvalue weighted by atomic mass is 10.2. The zero-order valence-electron chi connectivity index (χ0n) is 10.6. The fourth-order valence-corrected chi connectivity index (χ4v) is 2.14. The average molecular weight is 288 g/mol. The van der Waals surface area contributed by atoms with Gasteiger partial charge in [-0.25, -0.2) is 0 Å². The Morgan fingerprint density at radius 2 is 2.00 bits per heavy atom. The van der Waals surface area contributed by atoms with Crippen LogP contribution in [0.4, 0.5) is 0 Å². The van der Waals surface area contributed by atoms with Gasteiger partial charge in [-0.1, -0.05) is 23.7 Å². The molecule has 0 radical (unpaired) electrons. The second-order valence-electron chi connectivity index (χ2n) is 4.17. The van der Waals surface area contributed by atoms with Crippen LogP contribution in [0.2, 0.25) is 5.02 Å². The maximum atomic E-state index is 12.0. The van der Waals surface area contributed by atoms with Crippen LogP contribution in [0, 0.1) is 0 Å². The van der Waals surface area contributed by atoms with E-state index in [0.29, 0.717) is 27.3 Å². The minimum absolute atomic E-state index is 0.196. The highest BCUT2D eigenvalue weighted by Gasteiger charge is 2.11. The van der Waals surface area contributed by atoms with Gasteiger partial charge in [-0.05, 0) is 24.3 Å². The fourth-order valence-electron chi connectivity index (χ4n) is 1.92. The third-order valence-corrected chi connectivity index (χ3v) is 3.26. The van der Waals surface area contributed by atoms with Gasteiger partial charge in [0.2, 0.25) is 5.89 Å². The van der Waals surface area contributed by atoms with E-state index < -0.39 is 0 Å². The molecular weight excluding hydrogens is 278 g/mol. The molecule has 1 aromatic heterocycles. The lowest BCUT2D eigenvalue weighted by molar-refractivity contribution is 0.414. The minimum Gasteiger partial charge on any atom is -0.497 e. The Kier molecular flexibility index (Phi) is 3.16. The molecule has 0 aliphatic heterocycles. The quantitative estimate of drug-likeness (QED) is 0.724. The van der Waals surface area contributed by atoms with Crippen molar-refractivity contribution in [3.63, 3.8) is 0 Å². The second kappa shape index (κ2) is 4.98. The summed E-state index contributed by atoms with van der Waals surface area (Å²) >= 11 is 6.09. The van der Waals surface area contributed by atoms with E-state index in [4.69, 9.17) is 20.8 Å². The summed E-state index contributed by atoms with van der Waals surface area (Å²) in [5.41, 5.74) is 0.638. The monoisotopic (exact) mass is 287 g/mol. The molecule has 0 aliphatic rings. The van der Waals surface area contributed by atoms with E-state index in [9.17, 15) is 4.79 Å². The van der Waals surface area contributed by atoms with Gasteiger partial charge in [-0.2, -0.15) is 4.98 Å². The molecule has 1 heterocycles. The van der Waals surface area contributed by atoms with Crippen molar-refractivity contribution in [3.8, 4) is 17.2 Å². The highest BCUT2D eigenvalue weighted by molar-refractivity contribution is 6.33. The van der Waals surface area contributed by atoms with Crippen molar-refractivity contribution >= 4 is 22.6 Å². The average Bonchev–Trinajstić information content (AvgIpc) is 2.47. The maximum Gasteiger partial charge on any atom is 0.284 e. The predicted octanol–water partition coefficient (Wildman–Crippen LogP) is 3.52. The van der Waals surface area contributed by atoms with Gasteiger partial charge < -0.3 is 9.15 Å². The first-order chi connectivity index (χ1) is 9.69. The summed E-state index contributed by atoms with van der Waals surface area (Å²) in [6.45, 7) is 0. The van der Waals surface area contributed by atoms with Gasteiger partial charge in [0, 0.05) is 6.07 Å². The lowest BCUT2D eigenvalue weighted by Gasteiger charge is -2.05. The zero-order valence-corrected chi connectivity index (χ0v) is 11.3. The largest absolute Gasteiger partial charge is 0.497 e. The molecule has 3 aromatic rings. The lowest BCUT2D eigenvalue weighted by Crippen LogP contribution is -2.07. The Hall–Kier alpha value is -2.33. The summed E-state index contributed by atoms with van der Waals surface area (Å²) in [6.07, 6.45) is 0. The van der Waals surface area contributed by atoms with Crippen molar-refractivity contribution in [1.82, 2.24) is 4.98 Å². The van der Waals surface area contributed by atoms with Gasteiger partial charge in [-0.3, -0.25) is 4.79 Å². The molecule has 0 fully saturated rings. The summed E-state index contributed by atoms with van der Waals surface area (Å²) in [5, 5.41) is 0.881. The number of ether oxygens (including phenoxy) is 1. The van der Waals surface area contributed by atoms with Crippen molar-refractivity contribution in [1.29, 1.82) is 0 Å². The van der Waals surface area contributed by atoms with E-state index in [1.165, 1.54) is 0 Å². The highest BCUT2D eigenvalue weighted by Crippen LogP contribution is 2.28. The first kappa shape index (κ1) is 12.7. The normalized spacial score (nSPS) is 10.7. The van der Waals surface area contributed by atoms with Crippen molar-refractivity contribution in [2.24, 2.45) is 0 Å². The molecule has 2 aromatic carbocycles. The number of methoxy groups -OCH3 is 1. The Morgan fingerprint density at radius 3 is 2.75 bits per heavy atom. The van der Waals surface area contributed by atoms with Crippen molar-refractivity contribution in [2.75, 3.05) is 7.11 Å². The first-order valence-corrected chi connectivity index (χ1v) is 6.30. The molecule has 0 atom stereocenters. The van der Waals surface area contributed by atoms with Crippen LogP contribution in [0.3, 0.4) is 0 Å². The van der Waals surface area contributed by atoms with E-state index in [1.807, 2.05) is 0 Å². The van der Waals surface area contributed by atoms with Crippen LogP contribution in [0.5, 0.6) is 5.75 Å². The molecule has 3 rings (SSSR count). The first-order valence-electron chi connectivity index (χ1n) is 5.93. The van der Waals surface area contributed by atoms with Gasteiger partial charge in [0.1, 0.15) is 11.3 Å². The van der Waals surface area contributed by atoms with Crippen LogP contribution in [0.25, 0.3) is 22.4 Å². The summed E-state index contributed by atoms with van der Waals surface area (Å²) in [6, 6.07) is 12.0. The predicted molar refractivity (Wildman–Crippen MR) is 77.3 cm³/mol. The highest BCUT2D eigenvalue weighted by atomic mass is 35.5.